The quantitative estimate of drug-likeness (QED) is 0.320. The molecule has 0 aromatic heterocycles. The number of halogens is 2. The molecule has 0 heterocycles. The summed E-state index contributed by atoms with van der Waals surface area (Å²) in [6, 6.07) is 15.8. The second-order valence-corrected chi connectivity index (χ2v) is 7.54. The number of anilines is 2. The molecule has 0 aliphatic carbocycles. The van der Waals surface area contributed by atoms with Crippen molar-refractivity contribution in [3.8, 4) is 12.3 Å². The van der Waals surface area contributed by atoms with Crippen molar-refractivity contribution in [2.75, 3.05) is 24.3 Å². The summed E-state index contributed by atoms with van der Waals surface area (Å²) in [6.07, 6.45) is 6.88. The SMILES string of the molecule is C#Cc1ccc(N(C(=O)Nc2ccc(C=NN(C)C)cc2F)C(=O)c2cccc(Cl)c2)cc1. The molecular weight excluding hydrogens is 443 g/mol. The number of amides is 3. The van der Waals surface area contributed by atoms with Crippen molar-refractivity contribution in [2.24, 2.45) is 5.10 Å². The molecule has 3 amide bonds. The first-order valence-corrected chi connectivity index (χ1v) is 10.1. The first kappa shape index (κ1) is 23.5. The lowest BCUT2D eigenvalue weighted by Crippen LogP contribution is -2.40. The first-order chi connectivity index (χ1) is 15.8. The highest BCUT2D eigenvalue weighted by molar-refractivity contribution is 6.31. The molecule has 3 aromatic rings. The average Bonchev–Trinajstić information content (AvgIpc) is 2.80. The van der Waals surface area contributed by atoms with Crippen LogP contribution < -0.4 is 10.2 Å². The van der Waals surface area contributed by atoms with Gasteiger partial charge in [-0.05, 0) is 60.2 Å². The van der Waals surface area contributed by atoms with Crippen LogP contribution in [0, 0.1) is 18.2 Å². The normalized spacial score (nSPS) is 10.5. The molecule has 0 saturated carbocycles. The van der Waals surface area contributed by atoms with Gasteiger partial charge in [0.15, 0.2) is 0 Å². The lowest BCUT2D eigenvalue weighted by Gasteiger charge is -2.22. The number of imide groups is 1. The van der Waals surface area contributed by atoms with Crippen LogP contribution in [-0.2, 0) is 0 Å². The molecule has 1 N–H and O–H groups in total. The van der Waals surface area contributed by atoms with E-state index in [0.29, 0.717) is 16.1 Å². The van der Waals surface area contributed by atoms with Crippen LogP contribution in [0.1, 0.15) is 21.5 Å². The van der Waals surface area contributed by atoms with Gasteiger partial charge in [-0.15, -0.1) is 6.42 Å². The minimum atomic E-state index is -0.845. The molecule has 166 valence electrons. The van der Waals surface area contributed by atoms with Gasteiger partial charge in [-0.25, -0.2) is 14.1 Å². The summed E-state index contributed by atoms with van der Waals surface area (Å²) in [6.45, 7) is 0. The van der Waals surface area contributed by atoms with Gasteiger partial charge in [-0.1, -0.05) is 29.7 Å². The molecular formula is C25H20ClFN4O2. The number of nitrogens with zero attached hydrogens (tertiary/aromatic N) is 3. The van der Waals surface area contributed by atoms with Crippen molar-refractivity contribution < 1.29 is 14.0 Å². The van der Waals surface area contributed by atoms with E-state index in [2.05, 4.69) is 16.3 Å². The van der Waals surface area contributed by atoms with E-state index in [1.54, 1.807) is 49.4 Å². The van der Waals surface area contributed by atoms with Crippen molar-refractivity contribution in [3.05, 3.63) is 94.3 Å². The maximum Gasteiger partial charge on any atom is 0.333 e. The van der Waals surface area contributed by atoms with Crippen LogP contribution in [0.25, 0.3) is 0 Å². The molecule has 0 radical (unpaired) electrons. The number of carbonyl (C=O) groups is 2. The van der Waals surface area contributed by atoms with Crippen LogP contribution in [0.5, 0.6) is 0 Å². The van der Waals surface area contributed by atoms with Crippen molar-refractivity contribution in [1.82, 2.24) is 5.01 Å². The fraction of sp³-hybridized carbons (Fsp3) is 0.0800. The van der Waals surface area contributed by atoms with Crippen LogP contribution in [0.15, 0.2) is 71.8 Å². The van der Waals surface area contributed by atoms with Gasteiger partial charge >= 0.3 is 6.03 Å². The van der Waals surface area contributed by atoms with Gasteiger partial charge in [0.1, 0.15) is 5.82 Å². The van der Waals surface area contributed by atoms with Crippen molar-refractivity contribution in [1.29, 1.82) is 0 Å². The highest BCUT2D eigenvalue weighted by Crippen LogP contribution is 2.23. The van der Waals surface area contributed by atoms with E-state index in [-0.39, 0.29) is 16.9 Å². The van der Waals surface area contributed by atoms with Gasteiger partial charge < -0.3 is 10.3 Å². The maximum absolute atomic E-state index is 14.6. The first-order valence-electron chi connectivity index (χ1n) is 9.77. The molecule has 0 unspecified atom stereocenters. The van der Waals surface area contributed by atoms with Gasteiger partial charge in [-0.2, -0.15) is 5.10 Å². The Kier molecular flexibility index (Phi) is 7.44. The molecule has 3 aromatic carbocycles. The number of nitrogens with one attached hydrogen (secondary N) is 1. The third kappa shape index (κ3) is 5.97. The summed E-state index contributed by atoms with van der Waals surface area (Å²) >= 11 is 6.01. The lowest BCUT2D eigenvalue weighted by molar-refractivity contribution is 0.0995. The van der Waals surface area contributed by atoms with Crippen LogP contribution in [0.4, 0.5) is 20.6 Å². The number of rotatable bonds is 5. The maximum atomic E-state index is 14.6. The highest BCUT2D eigenvalue weighted by Gasteiger charge is 2.26. The average molecular weight is 463 g/mol. The highest BCUT2D eigenvalue weighted by atomic mass is 35.5. The standard InChI is InChI=1S/C25H20ClFN4O2/c1-4-17-8-11-21(12-9-17)31(24(32)19-6-5-7-20(26)15-19)25(33)29-23-13-10-18(14-22(23)27)16-28-30(2)3/h1,5-16H,2-3H3,(H,29,33). The Morgan fingerprint density at radius 2 is 1.82 bits per heavy atom. The van der Waals surface area contributed by atoms with Gasteiger partial charge in [0, 0.05) is 30.2 Å². The molecule has 33 heavy (non-hydrogen) atoms. The van der Waals surface area contributed by atoms with Gasteiger partial charge in [0.05, 0.1) is 17.6 Å². The lowest BCUT2D eigenvalue weighted by atomic mass is 10.1. The minimum absolute atomic E-state index is 0.0915. The van der Waals surface area contributed by atoms with Crippen molar-refractivity contribution >= 4 is 41.1 Å². The summed E-state index contributed by atoms with van der Waals surface area (Å²) in [5.74, 6) is 1.16. The summed E-state index contributed by atoms with van der Waals surface area (Å²) in [4.78, 5) is 27.3. The number of hydrogen-bond acceptors (Lipinski definition) is 4. The van der Waals surface area contributed by atoms with Gasteiger partial charge in [0.2, 0.25) is 0 Å². The number of urea groups is 1. The Bertz CT molecular complexity index is 1250. The fourth-order valence-electron chi connectivity index (χ4n) is 2.85. The minimum Gasteiger partial charge on any atom is -0.304 e. The smallest absolute Gasteiger partial charge is 0.304 e. The summed E-state index contributed by atoms with van der Waals surface area (Å²) in [7, 11) is 3.48. The molecule has 6 nitrogen and oxygen atoms in total. The predicted molar refractivity (Wildman–Crippen MR) is 129 cm³/mol. The van der Waals surface area contributed by atoms with E-state index in [4.69, 9.17) is 18.0 Å². The van der Waals surface area contributed by atoms with E-state index >= 15 is 0 Å². The van der Waals surface area contributed by atoms with Crippen molar-refractivity contribution in [2.45, 2.75) is 0 Å². The molecule has 0 aliphatic rings. The summed E-state index contributed by atoms with van der Waals surface area (Å²) in [5.41, 5.74) is 1.44. The zero-order valence-electron chi connectivity index (χ0n) is 17.9. The second-order valence-electron chi connectivity index (χ2n) is 7.10. The van der Waals surface area contributed by atoms with Gasteiger partial charge in [0.25, 0.3) is 5.91 Å². The monoisotopic (exact) mass is 462 g/mol. The Balaban J connectivity index is 1.94. The zero-order chi connectivity index (χ0) is 24.0. The van der Waals surface area contributed by atoms with E-state index in [0.717, 1.165) is 4.90 Å². The topological polar surface area (TPSA) is 65.0 Å². The Morgan fingerprint density at radius 3 is 2.42 bits per heavy atom. The molecule has 0 spiro atoms. The van der Waals surface area contributed by atoms with E-state index in [1.165, 1.54) is 42.6 Å². The predicted octanol–water partition coefficient (Wildman–Crippen LogP) is 5.23. The van der Waals surface area contributed by atoms with Crippen LogP contribution in [-0.4, -0.2) is 37.3 Å². The summed E-state index contributed by atoms with van der Waals surface area (Å²) < 4.78 is 14.6. The Morgan fingerprint density at radius 1 is 1.09 bits per heavy atom. The molecule has 3 rings (SSSR count). The van der Waals surface area contributed by atoms with Crippen LogP contribution in [0.2, 0.25) is 5.02 Å². The third-order valence-electron chi connectivity index (χ3n) is 4.44. The molecule has 0 saturated heterocycles. The molecule has 0 bridgehead atoms. The van der Waals surface area contributed by atoms with E-state index < -0.39 is 17.8 Å². The number of hydrogen-bond donors (Lipinski definition) is 1. The van der Waals surface area contributed by atoms with Gasteiger partial charge in [-0.3, -0.25) is 4.79 Å². The Labute approximate surface area is 196 Å². The van der Waals surface area contributed by atoms with Crippen LogP contribution >= 0.6 is 11.6 Å². The number of terminal acetylenes is 1. The van der Waals surface area contributed by atoms with Crippen molar-refractivity contribution in [3.63, 3.8) is 0 Å². The summed E-state index contributed by atoms with van der Waals surface area (Å²) in [5, 5.41) is 8.41. The number of benzene rings is 3. The molecule has 0 fully saturated rings. The number of carbonyl (C=O) groups excluding carboxylic acids is 2. The fourth-order valence-corrected chi connectivity index (χ4v) is 3.04. The number of hydrazone groups is 1. The van der Waals surface area contributed by atoms with E-state index in [9.17, 15) is 14.0 Å². The van der Waals surface area contributed by atoms with Crippen LogP contribution in [0.3, 0.4) is 0 Å². The Hall–Kier alpha value is -4.15. The molecule has 8 heteroatoms. The third-order valence-corrected chi connectivity index (χ3v) is 4.68. The zero-order valence-corrected chi connectivity index (χ0v) is 18.7. The molecule has 0 atom stereocenters. The second kappa shape index (κ2) is 10.4. The largest absolute Gasteiger partial charge is 0.333 e. The van der Waals surface area contributed by atoms with E-state index in [1.807, 2.05) is 0 Å². The molecule has 0 aliphatic heterocycles.